The van der Waals surface area contributed by atoms with Crippen LogP contribution in [-0.4, -0.2) is 65.0 Å². The van der Waals surface area contributed by atoms with Crippen molar-refractivity contribution in [2.75, 3.05) is 18.4 Å². The molecule has 0 bridgehead atoms. The van der Waals surface area contributed by atoms with Gasteiger partial charge in [-0.2, -0.15) is 0 Å². The first-order valence-electron chi connectivity index (χ1n) is 11.7. The third-order valence-corrected chi connectivity index (χ3v) is 5.92. The Morgan fingerprint density at radius 3 is 2.26 bits per heavy atom. The molecule has 186 valence electrons. The summed E-state index contributed by atoms with van der Waals surface area (Å²) >= 11 is 0. The first-order valence-corrected chi connectivity index (χ1v) is 11.7. The van der Waals surface area contributed by atoms with Gasteiger partial charge in [0.25, 0.3) is 0 Å². The summed E-state index contributed by atoms with van der Waals surface area (Å²) in [5.41, 5.74) is 0.776. The van der Waals surface area contributed by atoms with E-state index in [2.05, 4.69) is 5.32 Å². The molecule has 0 saturated carbocycles. The van der Waals surface area contributed by atoms with Crippen LogP contribution < -0.4 is 5.32 Å². The fourth-order valence-corrected chi connectivity index (χ4v) is 4.48. The highest BCUT2D eigenvalue weighted by Gasteiger charge is 2.54. The molecular formula is C26H31N3O6. The molecular weight excluding hydrogens is 450 g/mol. The van der Waals surface area contributed by atoms with E-state index in [1.165, 1.54) is 0 Å². The van der Waals surface area contributed by atoms with Crippen LogP contribution in [0.2, 0.25) is 0 Å². The smallest absolute Gasteiger partial charge is 0.412 e. The summed E-state index contributed by atoms with van der Waals surface area (Å²) in [5.74, 6) is 0. The Hall–Kier alpha value is -3.75. The van der Waals surface area contributed by atoms with Gasteiger partial charge in [-0.1, -0.05) is 48.5 Å². The number of benzene rings is 2. The van der Waals surface area contributed by atoms with Crippen molar-refractivity contribution in [2.45, 2.75) is 57.6 Å². The maximum atomic E-state index is 13.0. The molecule has 0 spiro atoms. The van der Waals surface area contributed by atoms with E-state index in [0.29, 0.717) is 18.7 Å². The lowest BCUT2D eigenvalue weighted by molar-refractivity contribution is 0.0203. The van der Waals surface area contributed by atoms with Crippen LogP contribution >= 0.6 is 0 Å². The standard InChI is InChI=1S/C26H31N3O6/c1-26(2,3)35-25(32)29-16-21(34-23(30)27-19-12-8-5-9-13-19)22-20(29)14-15-28(22)24(31)33-17-18-10-6-4-7-11-18/h4-13,20-22H,14-17H2,1-3H3,(H,27,30)/t20-,21+,22+/m1/s1. The van der Waals surface area contributed by atoms with E-state index < -0.39 is 36.0 Å². The fraction of sp³-hybridized carbons (Fsp3) is 0.423. The summed E-state index contributed by atoms with van der Waals surface area (Å²) in [6.45, 7) is 6.01. The number of carbonyl (C=O) groups is 3. The molecule has 3 amide bonds. The highest BCUT2D eigenvalue weighted by molar-refractivity contribution is 5.84. The second-order valence-electron chi connectivity index (χ2n) is 9.65. The zero-order chi connectivity index (χ0) is 25.0. The van der Waals surface area contributed by atoms with Crippen LogP contribution in [0, 0.1) is 0 Å². The zero-order valence-electron chi connectivity index (χ0n) is 20.2. The number of fused-ring (bicyclic) bond motifs is 1. The average Bonchev–Trinajstić information content (AvgIpc) is 3.39. The third kappa shape index (κ3) is 6.03. The molecule has 2 fully saturated rings. The van der Waals surface area contributed by atoms with Crippen LogP contribution in [0.3, 0.4) is 0 Å². The summed E-state index contributed by atoms with van der Waals surface area (Å²) in [4.78, 5) is 41.7. The molecule has 0 aromatic heterocycles. The molecule has 3 atom stereocenters. The normalized spacial score (nSPS) is 21.3. The minimum atomic E-state index is -0.733. The topological polar surface area (TPSA) is 97.4 Å². The van der Waals surface area contributed by atoms with Crippen LogP contribution in [0.5, 0.6) is 0 Å². The number of hydrogen-bond acceptors (Lipinski definition) is 6. The number of amides is 3. The molecule has 0 unspecified atom stereocenters. The predicted octanol–water partition coefficient (Wildman–Crippen LogP) is 4.63. The summed E-state index contributed by atoms with van der Waals surface area (Å²) < 4.78 is 16.9. The van der Waals surface area contributed by atoms with Gasteiger partial charge in [-0.3, -0.25) is 15.1 Å². The van der Waals surface area contributed by atoms with Crippen molar-refractivity contribution in [3.63, 3.8) is 0 Å². The van der Waals surface area contributed by atoms with E-state index in [0.717, 1.165) is 5.56 Å². The Kier molecular flexibility index (Phi) is 7.14. The van der Waals surface area contributed by atoms with Crippen LogP contribution in [0.25, 0.3) is 0 Å². The van der Waals surface area contributed by atoms with Crippen molar-refractivity contribution in [1.29, 1.82) is 0 Å². The molecule has 1 N–H and O–H groups in total. The molecule has 2 heterocycles. The van der Waals surface area contributed by atoms with Gasteiger partial charge >= 0.3 is 18.3 Å². The van der Waals surface area contributed by atoms with Crippen molar-refractivity contribution >= 4 is 24.0 Å². The molecule has 4 rings (SSSR count). The molecule has 9 heteroatoms. The van der Waals surface area contributed by atoms with Gasteiger partial charge in [-0.05, 0) is 44.9 Å². The molecule has 0 radical (unpaired) electrons. The highest BCUT2D eigenvalue weighted by Crippen LogP contribution is 2.35. The van der Waals surface area contributed by atoms with E-state index in [4.69, 9.17) is 14.2 Å². The molecule has 2 aliphatic rings. The Labute approximate surface area is 204 Å². The number of anilines is 1. The number of para-hydroxylation sites is 1. The fourth-order valence-electron chi connectivity index (χ4n) is 4.48. The van der Waals surface area contributed by atoms with E-state index in [1.54, 1.807) is 54.8 Å². The second kappa shape index (κ2) is 10.2. The molecule has 0 aliphatic carbocycles. The van der Waals surface area contributed by atoms with Gasteiger partial charge in [-0.25, -0.2) is 14.4 Å². The summed E-state index contributed by atoms with van der Waals surface area (Å²) in [6.07, 6.45) is -1.87. The first kappa shape index (κ1) is 24.4. The van der Waals surface area contributed by atoms with Gasteiger partial charge in [0.1, 0.15) is 18.3 Å². The van der Waals surface area contributed by atoms with Crippen molar-refractivity contribution in [1.82, 2.24) is 9.80 Å². The largest absolute Gasteiger partial charge is 0.445 e. The van der Waals surface area contributed by atoms with Gasteiger partial charge < -0.3 is 14.2 Å². The lowest BCUT2D eigenvalue weighted by Gasteiger charge is -2.28. The first-order chi connectivity index (χ1) is 16.7. The molecule has 9 nitrogen and oxygen atoms in total. The SMILES string of the molecule is CC(C)(C)OC(=O)N1C[C@H](OC(=O)Nc2ccccc2)[C@@H]2[C@H]1CCN2C(=O)OCc1ccccc1. The number of ether oxygens (including phenoxy) is 3. The van der Waals surface area contributed by atoms with E-state index in [-0.39, 0.29) is 19.2 Å². The minimum Gasteiger partial charge on any atom is -0.445 e. The lowest BCUT2D eigenvalue weighted by atomic mass is 10.1. The zero-order valence-corrected chi connectivity index (χ0v) is 20.2. The molecule has 2 aromatic carbocycles. The number of carbonyl (C=O) groups excluding carboxylic acids is 3. The van der Waals surface area contributed by atoms with E-state index in [9.17, 15) is 14.4 Å². The predicted molar refractivity (Wildman–Crippen MR) is 129 cm³/mol. The van der Waals surface area contributed by atoms with Gasteiger partial charge in [0.15, 0.2) is 0 Å². The second-order valence-corrected chi connectivity index (χ2v) is 9.65. The van der Waals surface area contributed by atoms with Gasteiger partial charge in [0.05, 0.1) is 18.6 Å². The molecule has 2 aromatic rings. The van der Waals surface area contributed by atoms with E-state index >= 15 is 0 Å². The number of nitrogens with zero attached hydrogens (tertiary/aromatic N) is 2. The van der Waals surface area contributed by atoms with Gasteiger partial charge in [0, 0.05) is 12.2 Å². The van der Waals surface area contributed by atoms with Crippen LogP contribution in [0.4, 0.5) is 20.1 Å². The lowest BCUT2D eigenvalue weighted by Crippen LogP contribution is -2.47. The van der Waals surface area contributed by atoms with Crippen molar-refractivity contribution in [3.05, 3.63) is 66.2 Å². The average molecular weight is 482 g/mol. The number of likely N-dealkylation sites (tertiary alicyclic amines) is 2. The van der Waals surface area contributed by atoms with Gasteiger partial charge in [-0.15, -0.1) is 0 Å². The molecule has 35 heavy (non-hydrogen) atoms. The molecule has 2 aliphatic heterocycles. The summed E-state index contributed by atoms with van der Waals surface area (Å²) in [7, 11) is 0. The molecule has 2 saturated heterocycles. The maximum Gasteiger partial charge on any atom is 0.412 e. The number of nitrogens with one attached hydrogen (secondary N) is 1. The Morgan fingerprint density at radius 1 is 0.943 bits per heavy atom. The van der Waals surface area contributed by atoms with Crippen LogP contribution in [0.15, 0.2) is 60.7 Å². The summed E-state index contributed by atoms with van der Waals surface area (Å²) in [5, 5.41) is 2.69. The van der Waals surface area contributed by atoms with Crippen LogP contribution in [-0.2, 0) is 20.8 Å². The van der Waals surface area contributed by atoms with E-state index in [1.807, 2.05) is 36.4 Å². The van der Waals surface area contributed by atoms with Crippen molar-refractivity contribution in [3.8, 4) is 0 Å². The summed E-state index contributed by atoms with van der Waals surface area (Å²) in [6, 6.07) is 17.4. The minimum absolute atomic E-state index is 0.120. The maximum absolute atomic E-state index is 13.0. The van der Waals surface area contributed by atoms with Crippen molar-refractivity contribution in [2.24, 2.45) is 0 Å². The van der Waals surface area contributed by atoms with Gasteiger partial charge in [0.2, 0.25) is 0 Å². The Bertz CT molecular complexity index is 1040. The third-order valence-electron chi connectivity index (χ3n) is 5.92. The highest BCUT2D eigenvalue weighted by atomic mass is 16.6. The Balaban J connectivity index is 1.48. The van der Waals surface area contributed by atoms with Crippen molar-refractivity contribution < 1.29 is 28.6 Å². The monoisotopic (exact) mass is 481 g/mol. The quantitative estimate of drug-likeness (QED) is 0.640. The number of rotatable bonds is 4. The number of hydrogen-bond donors (Lipinski definition) is 1. The van der Waals surface area contributed by atoms with Crippen LogP contribution in [0.1, 0.15) is 32.8 Å². The Morgan fingerprint density at radius 2 is 1.60 bits per heavy atom.